The third-order valence-electron chi connectivity index (χ3n) is 5.83. The average Bonchev–Trinajstić information content (AvgIpc) is 3.50. The summed E-state index contributed by atoms with van der Waals surface area (Å²) in [6, 6.07) is 12.5. The van der Waals surface area contributed by atoms with Crippen molar-refractivity contribution in [3.8, 4) is 0 Å². The van der Waals surface area contributed by atoms with E-state index in [1.54, 1.807) is 12.6 Å². The molecule has 3 heterocycles. The third-order valence-corrected chi connectivity index (χ3v) is 5.83. The number of H-pyrrole nitrogens is 1. The van der Waals surface area contributed by atoms with Gasteiger partial charge in [0.2, 0.25) is 0 Å². The van der Waals surface area contributed by atoms with E-state index >= 15 is 0 Å². The van der Waals surface area contributed by atoms with Crippen LogP contribution < -0.4 is 5.32 Å². The van der Waals surface area contributed by atoms with Crippen LogP contribution >= 0.6 is 0 Å². The number of aromatic nitrogens is 3. The Morgan fingerprint density at radius 3 is 2.68 bits per heavy atom. The number of furan rings is 1. The van der Waals surface area contributed by atoms with Gasteiger partial charge in [0.05, 0.1) is 12.8 Å². The highest BCUT2D eigenvalue weighted by Gasteiger charge is 2.24. The van der Waals surface area contributed by atoms with Gasteiger partial charge in [0.1, 0.15) is 17.9 Å². The summed E-state index contributed by atoms with van der Waals surface area (Å²) >= 11 is 0. The summed E-state index contributed by atoms with van der Waals surface area (Å²) in [6.45, 7) is 4.31. The molecule has 31 heavy (non-hydrogen) atoms. The summed E-state index contributed by atoms with van der Waals surface area (Å²) in [4.78, 5) is 13.4. The summed E-state index contributed by atoms with van der Waals surface area (Å²) in [6.07, 6.45) is 5.40. The Bertz CT molecular complexity index is 944. The zero-order chi connectivity index (χ0) is 21.5. The van der Waals surface area contributed by atoms with Crippen molar-refractivity contribution < 1.29 is 4.42 Å². The number of piperidine rings is 1. The van der Waals surface area contributed by atoms with E-state index in [0.29, 0.717) is 5.92 Å². The lowest BCUT2D eigenvalue weighted by Gasteiger charge is -2.33. The predicted molar refractivity (Wildman–Crippen MR) is 120 cm³/mol. The lowest BCUT2D eigenvalue weighted by atomic mass is 9.96. The standard InChI is InChI=1S/C23H31N7O/c1-24-23(30-11-9-18(10-12-30)22-26-17-27-28-22)25-14-19-6-3-4-7-20(19)15-29(2)16-21-8-5-13-31-21/h3-8,13,17-18H,9-12,14-16H2,1-2H3,(H,24,25)(H,26,27,28). The molecule has 164 valence electrons. The van der Waals surface area contributed by atoms with Crippen molar-refractivity contribution in [2.24, 2.45) is 4.99 Å². The summed E-state index contributed by atoms with van der Waals surface area (Å²) in [5.74, 6) is 3.37. The van der Waals surface area contributed by atoms with E-state index in [2.05, 4.69) is 66.6 Å². The lowest BCUT2D eigenvalue weighted by Crippen LogP contribution is -2.45. The fourth-order valence-electron chi connectivity index (χ4n) is 4.18. The van der Waals surface area contributed by atoms with Gasteiger partial charge in [-0.3, -0.25) is 15.0 Å². The van der Waals surface area contributed by atoms with Gasteiger partial charge in [0.15, 0.2) is 5.96 Å². The van der Waals surface area contributed by atoms with E-state index in [4.69, 9.17) is 4.42 Å². The lowest BCUT2D eigenvalue weighted by molar-refractivity contribution is 0.286. The molecule has 0 bridgehead atoms. The molecular formula is C23H31N7O. The van der Waals surface area contributed by atoms with Gasteiger partial charge in [-0.25, -0.2) is 4.98 Å². The van der Waals surface area contributed by atoms with Gasteiger partial charge in [-0.05, 0) is 43.1 Å². The van der Waals surface area contributed by atoms with Crippen molar-refractivity contribution in [3.63, 3.8) is 0 Å². The molecule has 1 aliphatic rings. The van der Waals surface area contributed by atoms with Gasteiger partial charge in [0, 0.05) is 39.1 Å². The van der Waals surface area contributed by atoms with Gasteiger partial charge in [-0.1, -0.05) is 24.3 Å². The molecule has 1 fully saturated rings. The first-order chi connectivity index (χ1) is 15.2. The van der Waals surface area contributed by atoms with Crippen molar-refractivity contribution in [3.05, 3.63) is 71.7 Å². The van der Waals surface area contributed by atoms with E-state index in [1.165, 1.54) is 11.1 Å². The number of hydrogen-bond donors (Lipinski definition) is 2. The minimum Gasteiger partial charge on any atom is -0.468 e. The Labute approximate surface area is 183 Å². The molecule has 0 amide bonds. The van der Waals surface area contributed by atoms with Crippen LogP contribution in [0.2, 0.25) is 0 Å². The second-order valence-electron chi connectivity index (χ2n) is 8.05. The molecule has 0 spiro atoms. The molecule has 8 nitrogen and oxygen atoms in total. The van der Waals surface area contributed by atoms with Gasteiger partial charge in [0.25, 0.3) is 0 Å². The molecule has 0 atom stereocenters. The number of nitrogens with one attached hydrogen (secondary N) is 2. The van der Waals surface area contributed by atoms with Crippen molar-refractivity contribution in [2.45, 2.75) is 38.4 Å². The fraction of sp³-hybridized carbons (Fsp3) is 0.435. The van der Waals surface area contributed by atoms with Crippen LogP contribution in [-0.4, -0.2) is 58.1 Å². The molecular weight excluding hydrogens is 390 g/mol. The Morgan fingerprint density at radius 1 is 1.19 bits per heavy atom. The molecule has 3 aromatic rings. The second kappa shape index (κ2) is 10.3. The molecule has 8 heteroatoms. The first-order valence-corrected chi connectivity index (χ1v) is 10.8. The number of guanidine groups is 1. The molecule has 2 aromatic heterocycles. The number of aromatic amines is 1. The maximum atomic E-state index is 5.48. The average molecular weight is 422 g/mol. The number of nitrogens with zero attached hydrogens (tertiary/aromatic N) is 5. The van der Waals surface area contributed by atoms with E-state index < -0.39 is 0 Å². The highest BCUT2D eigenvalue weighted by atomic mass is 16.3. The zero-order valence-corrected chi connectivity index (χ0v) is 18.3. The molecule has 0 aliphatic carbocycles. The monoisotopic (exact) mass is 421 g/mol. The summed E-state index contributed by atoms with van der Waals surface area (Å²) in [5.41, 5.74) is 2.59. The van der Waals surface area contributed by atoms with Gasteiger partial charge >= 0.3 is 0 Å². The molecule has 0 radical (unpaired) electrons. The van der Waals surface area contributed by atoms with Crippen molar-refractivity contribution in [1.29, 1.82) is 0 Å². The molecule has 0 unspecified atom stereocenters. The van der Waals surface area contributed by atoms with Crippen molar-refractivity contribution in [1.82, 2.24) is 30.3 Å². The quantitative estimate of drug-likeness (QED) is 0.451. The molecule has 0 saturated carbocycles. The number of rotatable bonds is 7. The summed E-state index contributed by atoms with van der Waals surface area (Å²) < 4.78 is 5.48. The molecule has 1 saturated heterocycles. The van der Waals surface area contributed by atoms with E-state index in [-0.39, 0.29) is 0 Å². The largest absolute Gasteiger partial charge is 0.468 e. The van der Waals surface area contributed by atoms with Crippen LogP contribution in [0.15, 0.2) is 58.4 Å². The highest BCUT2D eigenvalue weighted by molar-refractivity contribution is 5.80. The first-order valence-electron chi connectivity index (χ1n) is 10.8. The summed E-state index contributed by atoms with van der Waals surface area (Å²) in [7, 11) is 3.97. The number of aliphatic imine (C=N–C) groups is 1. The third kappa shape index (κ3) is 5.52. The maximum absolute atomic E-state index is 5.48. The molecule has 1 aromatic carbocycles. The molecule has 2 N–H and O–H groups in total. The van der Waals surface area contributed by atoms with E-state index in [9.17, 15) is 0 Å². The number of benzene rings is 1. The minimum absolute atomic E-state index is 0.447. The Hall–Kier alpha value is -3.13. The highest BCUT2D eigenvalue weighted by Crippen LogP contribution is 2.25. The molecule has 4 rings (SSSR count). The van der Waals surface area contributed by atoms with E-state index in [0.717, 1.165) is 63.1 Å². The van der Waals surface area contributed by atoms with E-state index in [1.807, 2.05) is 19.2 Å². The predicted octanol–water partition coefficient (Wildman–Crippen LogP) is 2.98. The second-order valence-corrected chi connectivity index (χ2v) is 8.05. The van der Waals surface area contributed by atoms with Crippen molar-refractivity contribution >= 4 is 5.96 Å². The van der Waals surface area contributed by atoms with Crippen LogP contribution in [0.5, 0.6) is 0 Å². The fourth-order valence-corrected chi connectivity index (χ4v) is 4.18. The first kappa shape index (κ1) is 21.1. The summed E-state index contributed by atoms with van der Waals surface area (Å²) in [5, 5.41) is 10.6. The Kier molecular flexibility index (Phi) is 6.99. The SMILES string of the molecule is CN=C(NCc1ccccc1CN(C)Cc1ccco1)N1CCC(c2ncn[nH]2)CC1. The smallest absolute Gasteiger partial charge is 0.193 e. The maximum Gasteiger partial charge on any atom is 0.193 e. The van der Waals surface area contributed by atoms with Crippen LogP contribution in [0.3, 0.4) is 0 Å². The number of hydrogen-bond acceptors (Lipinski definition) is 5. The van der Waals surface area contributed by atoms with Gasteiger partial charge in [-0.15, -0.1) is 0 Å². The minimum atomic E-state index is 0.447. The Morgan fingerprint density at radius 2 is 2.00 bits per heavy atom. The van der Waals surface area contributed by atoms with Crippen molar-refractivity contribution in [2.75, 3.05) is 27.2 Å². The van der Waals surface area contributed by atoms with Gasteiger partial charge < -0.3 is 14.6 Å². The normalized spacial score (nSPS) is 15.6. The van der Waals surface area contributed by atoms with Crippen LogP contribution in [0, 0.1) is 0 Å². The van der Waals surface area contributed by atoms with Crippen LogP contribution in [0.1, 0.15) is 41.5 Å². The number of likely N-dealkylation sites (tertiary alicyclic amines) is 1. The van der Waals surface area contributed by atoms with Gasteiger partial charge in [-0.2, -0.15) is 5.10 Å². The zero-order valence-electron chi connectivity index (χ0n) is 18.3. The van der Waals surface area contributed by atoms with Crippen LogP contribution in [0.4, 0.5) is 0 Å². The van der Waals surface area contributed by atoms with Crippen LogP contribution in [0.25, 0.3) is 0 Å². The van der Waals surface area contributed by atoms with Crippen LogP contribution in [-0.2, 0) is 19.6 Å². The Balaban J connectivity index is 1.32. The molecule has 1 aliphatic heterocycles. The topological polar surface area (TPSA) is 85.6 Å².